The molecule has 1 aromatic carbocycles. The maximum absolute atomic E-state index is 13.5. The van der Waals surface area contributed by atoms with Gasteiger partial charge in [-0.2, -0.15) is 0 Å². The number of pyridine rings is 1. The molecule has 2 heterocycles. The maximum atomic E-state index is 13.5. The number of carbonyl (C=O) groups is 2. The minimum Gasteiger partial charge on any atom is -0.355 e. The van der Waals surface area contributed by atoms with Gasteiger partial charge in [-0.25, -0.2) is 4.39 Å². The normalized spacial score (nSPS) is 17.7. The number of benzene rings is 1. The number of nitrogens with zero attached hydrogens (tertiary/aromatic N) is 3. The molecule has 0 unspecified atom stereocenters. The van der Waals surface area contributed by atoms with Crippen molar-refractivity contribution in [3.63, 3.8) is 0 Å². The van der Waals surface area contributed by atoms with Gasteiger partial charge in [0, 0.05) is 58.2 Å². The van der Waals surface area contributed by atoms with Crippen molar-refractivity contribution in [2.75, 3.05) is 33.2 Å². The van der Waals surface area contributed by atoms with Gasteiger partial charge in [0.05, 0.1) is 0 Å². The molecule has 2 amide bonds. The molecule has 176 valence electrons. The second-order valence-electron chi connectivity index (χ2n) is 8.93. The summed E-state index contributed by atoms with van der Waals surface area (Å²) >= 11 is 0. The van der Waals surface area contributed by atoms with Gasteiger partial charge in [0.15, 0.2) is 0 Å². The predicted molar refractivity (Wildman–Crippen MR) is 124 cm³/mol. The van der Waals surface area contributed by atoms with Gasteiger partial charge in [0.1, 0.15) is 16.9 Å². The Balaban J connectivity index is 1.51. The lowest BCUT2D eigenvalue weighted by Gasteiger charge is -2.35. The van der Waals surface area contributed by atoms with E-state index in [0.717, 1.165) is 31.2 Å². The van der Waals surface area contributed by atoms with Crippen molar-refractivity contribution < 1.29 is 14.0 Å². The molecule has 1 saturated carbocycles. The molecule has 1 aliphatic heterocycles. The van der Waals surface area contributed by atoms with Crippen LogP contribution in [0.3, 0.4) is 0 Å². The van der Waals surface area contributed by atoms with Crippen LogP contribution >= 0.6 is 0 Å². The SMILES string of the molecule is CNC(=O)c1cn(C2CCCCC2)cc(C(=O)N2CCN(Cc3cccc(F)c3)CC2)c1=O. The first-order valence-electron chi connectivity index (χ1n) is 11.7. The average molecular weight is 455 g/mol. The summed E-state index contributed by atoms with van der Waals surface area (Å²) in [6, 6.07) is 6.72. The summed E-state index contributed by atoms with van der Waals surface area (Å²) in [6.45, 7) is 2.82. The predicted octanol–water partition coefficient (Wildman–Crippen LogP) is 2.81. The van der Waals surface area contributed by atoms with Crippen molar-refractivity contribution in [2.24, 2.45) is 0 Å². The largest absolute Gasteiger partial charge is 0.355 e. The molecule has 8 heteroatoms. The molecule has 2 fully saturated rings. The molecule has 33 heavy (non-hydrogen) atoms. The summed E-state index contributed by atoms with van der Waals surface area (Å²) in [6.07, 6.45) is 8.58. The average Bonchev–Trinajstić information content (AvgIpc) is 2.84. The van der Waals surface area contributed by atoms with Crippen molar-refractivity contribution >= 4 is 11.8 Å². The fraction of sp³-hybridized carbons (Fsp3) is 0.480. The van der Waals surface area contributed by atoms with Crippen LogP contribution in [0.15, 0.2) is 41.5 Å². The van der Waals surface area contributed by atoms with Gasteiger partial charge in [-0.3, -0.25) is 19.3 Å². The summed E-state index contributed by atoms with van der Waals surface area (Å²) in [4.78, 5) is 42.6. The number of amides is 2. The molecule has 0 spiro atoms. The number of carbonyl (C=O) groups excluding carboxylic acids is 2. The number of hydrogen-bond acceptors (Lipinski definition) is 4. The fourth-order valence-corrected chi connectivity index (χ4v) is 4.81. The second-order valence-corrected chi connectivity index (χ2v) is 8.93. The highest BCUT2D eigenvalue weighted by molar-refractivity contribution is 5.99. The van der Waals surface area contributed by atoms with Gasteiger partial charge >= 0.3 is 0 Å². The second kappa shape index (κ2) is 10.3. The molecule has 4 rings (SSSR count). The van der Waals surface area contributed by atoms with Gasteiger partial charge in [-0.15, -0.1) is 0 Å². The molecule has 0 bridgehead atoms. The third-order valence-electron chi connectivity index (χ3n) is 6.70. The van der Waals surface area contributed by atoms with E-state index in [4.69, 9.17) is 0 Å². The first-order valence-corrected chi connectivity index (χ1v) is 11.7. The van der Waals surface area contributed by atoms with Crippen molar-refractivity contribution in [1.29, 1.82) is 0 Å². The molecule has 1 aliphatic carbocycles. The van der Waals surface area contributed by atoms with Crippen molar-refractivity contribution in [3.05, 3.63) is 69.4 Å². The molecule has 0 atom stereocenters. The quantitative estimate of drug-likeness (QED) is 0.754. The van der Waals surface area contributed by atoms with Gasteiger partial charge in [-0.1, -0.05) is 31.4 Å². The molecule has 1 N–H and O–H groups in total. The minimum absolute atomic E-state index is 0.0127. The number of piperazine rings is 1. The van der Waals surface area contributed by atoms with E-state index < -0.39 is 11.3 Å². The zero-order valence-corrected chi connectivity index (χ0v) is 19.1. The molecule has 2 aliphatic rings. The lowest BCUT2D eigenvalue weighted by molar-refractivity contribution is 0.0626. The van der Waals surface area contributed by atoms with E-state index in [1.807, 2.05) is 10.6 Å². The monoisotopic (exact) mass is 454 g/mol. The highest BCUT2D eigenvalue weighted by Gasteiger charge is 2.27. The van der Waals surface area contributed by atoms with E-state index in [0.29, 0.717) is 32.7 Å². The van der Waals surface area contributed by atoms with Crippen LogP contribution in [0, 0.1) is 5.82 Å². The third kappa shape index (κ3) is 5.33. The number of halogens is 1. The fourth-order valence-electron chi connectivity index (χ4n) is 4.81. The van der Waals surface area contributed by atoms with Crippen LogP contribution in [0.2, 0.25) is 0 Å². The van der Waals surface area contributed by atoms with Crippen molar-refractivity contribution in [3.8, 4) is 0 Å². The van der Waals surface area contributed by atoms with Crippen LogP contribution in [0.5, 0.6) is 0 Å². The third-order valence-corrected chi connectivity index (χ3v) is 6.70. The van der Waals surface area contributed by atoms with E-state index in [-0.39, 0.29) is 28.9 Å². The Bertz CT molecular complexity index is 1070. The van der Waals surface area contributed by atoms with Crippen LogP contribution in [-0.2, 0) is 6.54 Å². The van der Waals surface area contributed by atoms with E-state index in [9.17, 15) is 18.8 Å². The summed E-state index contributed by atoms with van der Waals surface area (Å²) in [5.74, 6) is -1.06. The summed E-state index contributed by atoms with van der Waals surface area (Å²) in [5.41, 5.74) is 0.441. The Morgan fingerprint density at radius 2 is 1.73 bits per heavy atom. The Morgan fingerprint density at radius 3 is 2.39 bits per heavy atom. The van der Waals surface area contributed by atoms with Gasteiger partial charge < -0.3 is 14.8 Å². The lowest BCUT2D eigenvalue weighted by Crippen LogP contribution is -2.49. The van der Waals surface area contributed by atoms with E-state index in [2.05, 4.69) is 10.2 Å². The van der Waals surface area contributed by atoms with Crippen LogP contribution in [0.1, 0.15) is 64.4 Å². The van der Waals surface area contributed by atoms with Crippen LogP contribution in [0.25, 0.3) is 0 Å². The number of nitrogens with one attached hydrogen (secondary N) is 1. The topological polar surface area (TPSA) is 74.7 Å². The highest BCUT2D eigenvalue weighted by atomic mass is 19.1. The Labute approximate surface area is 193 Å². The molecule has 2 aromatic rings. The molecule has 1 aromatic heterocycles. The lowest BCUT2D eigenvalue weighted by atomic mass is 9.95. The van der Waals surface area contributed by atoms with E-state index in [1.54, 1.807) is 23.4 Å². The first kappa shape index (κ1) is 23.2. The van der Waals surface area contributed by atoms with Crippen LogP contribution in [0.4, 0.5) is 4.39 Å². The van der Waals surface area contributed by atoms with E-state index in [1.165, 1.54) is 25.6 Å². The Hall–Kier alpha value is -3.00. The van der Waals surface area contributed by atoms with Crippen LogP contribution < -0.4 is 10.7 Å². The molecule has 0 radical (unpaired) electrons. The summed E-state index contributed by atoms with van der Waals surface area (Å²) < 4.78 is 15.4. The maximum Gasteiger partial charge on any atom is 0.259 e. The van der Waals surface area contributed by atoms with Gasteiger partial charge in [0.2, 0.25) is 5.43 Å². The molecule has 1 saturated heterocycles. The summed E-state index contributed by atoms with van der Waals surface area (Å²) in [5, 5.41) is 2.52. The zero-order chi connectivity index (χ0) is 23.4. The Kier molecular flexibility index (Phi) is 7.23. The van der Waals surface area contributed by atoms with Gasteiger partial charge in [-0.05, 0) is 30.5 Å². The molecular formula is C25H31FN4O3. The summed E-state index contributed by atoms with van der Waals surface area (Å²) in [7, 11) is 1.49. The first-order chi connectivity index (χ1) is 16.0. The highest BCUT2D eigenvalue weighted by Crippen LogP contribution is 2.28. The van der Waals surface area contributed by atoms with E-state index >= 15 is 0 Å². The molecule has 7 nitrogen and oxygen atoms in total. The number of aromatic nitrogens is 1. The zero-order valence-electron chi connectivity index (χ0n) is 19.1. The smallest absolute Gasteiger partial charge is 0.259 e. The van der Waals surface area contributed by atoms with Crippen molar-refractivity contribution in [1.82, 2.24) is 19.7 Å². The molecular weight excluding hydrogens is 423 g/mol. The standard InChI is InChI=1S/C25H31FN4O3/c1-27-24(32)21-16-30(20-8-3-2-4-9-20)17-22(23(21)31)25(33)29-12-10-28(11-13-29)15-18-6-5-7-19(26)14-18/h5-7,14,16-17,20H,2-4,8-13,15H2,1H3,(H,27,32). The van der Waals surface area contributed by atoms with Gasteiger partial charge in [0.25, 0.3) is 11.8 Å². The number of rotatable bonds is 5. The van der Waals surface area contributed by atoms with Crippen LogP contribution in [-0.4, -0.2) is 59.4 Å². The Morgan fingerprint density at radius 1 is 1.03 bits per heavy atom. The number of hydrogen-bond donors (Lipinski definition) is 1. The minimum atomic E-state index is -0.520. The van der Waals surface area contributed by atoms with Crippen molar-refractivity contribution in [2.45, 2.75) is 44.7 Å².